The van der Waals surface area contributed by atoms with Gasteiger partial charge in [0.2, 0.25) is 0 Å². The summed E-state index contributed by atoms with van der Waals surface area (Å²) in [5, 5.41) is 13.0. The van der Waals surface area contributed by atoms with Crippen LogP contribution >= 0.6 is 0 Å². The molecule has 3 rings (SSSR count). The fourth-order valence-corrected chi connectivity index (χ4v) is 4.85. The Kier molecular flexibility index (Phi) is 3.89. The minimum atomic E-state index is 0.00710. The zero-order valence-electron chi connectivity index (χ0n) is 12.5. The maximum absolute atomic E-state index is 9.62. The molecule has 3 aliphatic rings. The summed E-state index contributed by atoms with van der Waals surface area (Å²) in [6, 6.07) is 0.707. The molecule has 0 radical (unpaired) electrons. The van der Waals surface area contributed by atoms with Crippen molar-refractivity contribution in [3.05, 3.63) is 0 Å². The van der Waals surface area contributed by atoms with Crippen LogP contribution in [0.1, 0.15) is 57.8 Å². The van der Waals surface area contributed by atoms with Gasteiger partial charge in [0, 0.05) is 11.6 Å². The van der Waals surface area contributed by atoms with E-state index in [1.807, 2.05) is 7.05 Å². The van der Waals surface area contributed by atoms with Gasteiger partial charge in [0.15, 0.2) is 0 Å². The van der Waals surface area contributed by atoms with E-state index in [1.165, 1.54) is 58.0 Å². The molecule has 19 heavy (non-hydrogen) atoms. The Morgan fingerprint density at radius 2 is 1.79 bits per heavy atom. The molecule has 1 aliphatic heterocycles. The van der Waals surface area contributed by atoms with E-state index < -0.39 is 0 Å². The number of likely N-dealkylation sites (tertiary alicyclic amines) is 1. The van der Waals surface area contributed by atoms with E-state index in [9.17, 15) is 5.11 Å². The summed E-state index contributed by atoms with van der Waals surface area (Å²) in [6.07, 6.45) is 12.3. The zero-order chi connectivity index (χ0) is 13.3. The van der Waals surface area contributed by atoms with Crippen molar-refractivity contribution in [2.45, 2.75) is 69.4 Å². The minimum absolute atomic E-state index is 0.00710. The largest absolute Gasteiger partial charge is 0.394 e. The number of nitrogens with one attached hydrogen (secondary N) is 1. The lowest BCUT2D eigenvalue weighted by Crippen LogP contribution is -2.48. The first-order chi connectivity index (χ1) is 9.21. The van der Waals surface area contributed by atoms with Crippen molar-refractivity contribution in [2.75, 3.05) is 26.7 Å². The Hall–Kier alpha value is -0.120. The lowest BCUT2D eigenvalue weighted by Gasteiger charge is -2.42. The first kappa shape index (κ1) is 13.8. The van der Waals surface area contributed by atoms with Crippen molar-refractivity contribution in [3.8, 4) is 0 Å². The molecule has 0 amide bonds. The van der Waals surface area contributed by atoms with Crippen LogP contribution in [0.4, 0.5) is 0 Å². The third kappa shape index (κ3) is 2.57. The van der Waals surface area contributed by atoms with Gasteiger partial charge in [0.25, 0.3) is 0 Å². The number of aliphatic hydroxyl groups is 1. The predicted molar refractivity (Wildman–Crippen MR) is 78.2 cm³/mol. The monoisotopic (exact) mass is 266 g/mol. The number of hydrogen-bond donors (Lipinski definition) is 2. The maximum atomic E-state index is 9.62. The smallest absolute Gasteiger partial charge is 0.0613 e. The van der Waals surface area contributed by atoms with Crippen molar-refractivity contribution in [2.24, 2.45) is 5.41 Å². The topological polar surface area (TPSA) is 35.5 Å². The molecule has 0 aromatic rings. The van der Waals surface area contributed by atoms with E-state index in [0.29, 0.717) is 6.04 Å². The fraction of sp³-hybridized carbons (Fsp3) is 1.00. The Morgan fingerprint density at radius 1 is 1.11 bits per heavy atom. The van der Waals surface area contributed by atoms with Crippen molar-refractivity contribution >= 4 is 0 Å². The van der Waals surface area contributed by atoms with Crippen LogP contribution < -0.4 is 5.32 Å². The average molecular weight is 266 g/mol. The number of hydrogen-bond acceptors (Lipinski definition) is 3. The third-order valence-electron chi connectivity index (χ3n) is 6.45. The second-order valence-electron chi connectivity index (χ2n) is 7.33. The number of rotatable bonds is 3. The van der Waals surface area contributed by atoms with Gasteiger partial charge in [0.05, 0.1) is 6.61 Å². The molecule has 0 aromatic heterocycles. The van der Waals surface area contributed by atoms with Crippen LogP contribution in [0.5, 0.6) is 0 Å². The van der Waals surface area contributed by atoms with Crippen molar-refractivity contribution in [1.29, 1.82) is 0 Å². The number of likely N-dealkylation sites (N-methyl/N-ethyl adjacent to an activating group) is 1. The van der Waals surface area contributed by atoms with Crippen LogP contribution in [0.15, 0.2) is 0 Å². The van der Waals surface area contributed by atoms with Gasteiger partial charge in [-0.1, -0.05) is 12.8 Å². The second-order valence-corrected chi connectivity index (χ2v) is 7.33. The fourth-order valence-electron chi connectivity index (χ4n) is 4.85. The van der Waals surface area contributed by atoms with Crippen LogP contribution in [-0.2, 0) is 0 Å². The summed E-state index contributed by atoms with van der Waals surface area (Å²) in [7, 11) is 2.00. The SMILES string of the molecule is CNC1(CO)CCC(N2CCC3(CCCC3)CC2)C1. The summed E-state index contributed by atoms with van der Waals surface area (Å²) in [5.41, 5.74) is 0.735. The van der Waals surface area contributed by atoms with E-state index in [0.717, 1.165) is 18.3 Å². The van der Waals surface area contributed by atoms with Gasteiger partial charge in [0.1, 0.15) is 0 Å². The van der Waals surface area contributed by atoms with E-state index in [4.69, 9.17) is 0 Å². The molecular formula is C16H30N2O. The molecule has 2 saturated carbocycles. The van der Waals surface area contributed by atoms with Crippen LogP contribution in [0.2, 0.25) is 0 Å². The lowest BCUT2D eigenvalue weighted by molar-refractivity contribution is 0.0713. The second kappa shape index (κ2) is 5.34. The van der Waals surface area contributed by atoms with Crippen LogP contribution in [0.3, 0.4) is 0 Å². The Bertz CT molecular complexity index is 298. The van der Waals surface area contributed by atoms with Gasteiger partial charge in [-0.2, -0.15) is 0 Å². The molecule has 1 saturated heterocycles. The van der Waals surface area contributed by atoms with Crippen molar-refractivity contribution in [1.82, 2.24) is 10.2 Å². The van der Waals surface area contributed by atoms with Crippen LogP contribution in [-0.4, -0.2) is 48.3 Å². The molecule has 2 N–H and O–H groups in total. The van der Waals surface area contributed by atoms with Crippen LogP contribution in [0.25, 0.3) is 0 Å². The highest BCUT2D eigenvalue weighted by Crippen LogP contribution is 2.47. The molecule has 2 aliphatic carbocycles. The quantitative estimate of drug-likeness (QED) is 0.821. The molecule has 0 bridgehead atoms. The van der Waals surface area contributed by atoms with Crippen molar-refractivity contribution in [3.63, 3.8) is 0 Å². The van der Waals surface area contributed by atoms with Gasteiger partial charge in [-0.25, -0.2) is 0 Å². The van der Waals surface area contributed by atoms with Gasteiger partial charge in [-0.3, -0.25) is 0 Å². The maximum Gasteiger partial charge on any atom is 0.0613 e. The molecule has 1 spiro atoms. The summed E-state index contributed by atoms with van der Waals surface area (Å²) in [6.45, 7) is 2.89. The Labute approximate surface area is 117 Å². The summed E-state index contributed by atoms with van der Waals surface area (Å²) in [5.74, 6) is 0. The third-order valence-corrected chi connectivity index (χ3v) is 6.45. The molecule has 2 unspecified atom stereocenters. The summed E-state index contributed by atoms with van der Waals surface area (Å²) in [4.78, 5) is 2.72. The van der Waals surface area contributed by atoms with Gasteiger partial charge < -0.3 is 15.3 Å². The van der Waals surface area contributed by atoms with Gasteiger partial charge in [-0.05, 0) is 70.5 Å². The highest BCUT2D eigenvalue weighted by molar-refractivity contribution is 5.00. The highest BCUT2D eigenvalue weighted by atomic mass is 16.3. The summed E-state index contributed by atoms with van der Waals surface area (Å²) < 4.78 is 0. The van der Waals surface area contributed by atoms with E-state index in [-0.39, 0.29) is 12.1 Å². The van der Waals surface area contributed by atoms with Crippen molar-refractivity contribution < 1.29 is 5.11 Å². The van der Waals surface area contributed by atoms with Crippen LogP contribution in [0, 0.1) is 5.41 Å². The molecule has 3 heteroatoms. The minimum Gasteiger partial charge on any atom is -0.394 e. The zero-order valence-corrected chi connectivity index (χ0v) is 12.5. The van der Waals surface area contributed by atoms with E-state index >= 15 is 0 Å². The Morgan fingerprint density at radius 3 is 2.32 bits per heavy atom. The van der Waals surface area contributed by atoms with Gasteiger partial charge >= 0.3 is 0 Å². The first-order valence-corrected chi connectivity index (χ1v) is 8.25. The lowest BCUT2D eigenvalue weighted by atomic mass is 9.76. The van der Waals surface area contributed by atoms with E-state index in [1.54, 1.807) is 0 Å². The Balaban J connectivity index is 1.55. The standard InChI is InChI=1S/C16H30N2O/c1-17-16(13-19)7-4-14(12-16)18-10-8-15(9-11-18)5-2-3-6-15/h14,17,19H,2-13H2,1H3. The molecule has 3 fully saturated rings. The molecule has 110 valence electrons. The number of aliphatic hydroxyl groups excluding tert-OH is 1. The number of nitrogens with zero attached hydrogens (tertiary/aromatic N) is 1. The first-order valence-electron chi connectivity index (χ1n) is 8.25. The summed E-state index contributed by atoms with van der Waals surface area (Å²) >= 11 is 0. The molecule has 2 atom stereocenters. The van der Waals surface area contributed by atoms with Gasteiger partial charge in [-0.15, -0.1) is 0 Å². The number of piperidine rings is 1. The molecule has 1 heterocycles. The average Bonchev–Trinajstić information content (AvgIpc) is 3.08. The van der Waals surface area contributed by atoms with E-state index in [2.05, 4.69) is 10.2 Å². The molecule has 0 aromatic carbocycles. The highest BCUT2D eigenvalue weighted by Gasteiger charge is 2.43. The molecular weight excluding hydrogens is 236 g/mol. The normalized spacial score (nSPS) is 39.2. The predicted octanol–water partition coefficient (Wildman–Crippen LogP) is 2.15. The molecule has 3 nitrogen and oxygen atoms in total.